The third kappa shape index (κ3) is 2.92. The van der Waals surface area contributed by atoms with E-state index in [0.29, 0.717) is 18.1 Å². The summed E-state index contributed by atoms with van der Waals surface area (Å²) in [5.41, 5.74) is 2.60. The van der Waals surface area contributed by atoms with E-state index in [9.17, 15) is 4.79 Å². The minimum absolute atomic E-state index is 0.0960. The van der Waals surface area contributed by atoms with Gasteiger partial charge in [-0.1, -0.05) is 6.07 Å². The molecule has 1 N–H and O–H groups in total. The van der Waals surface area contributed by atoms with E-state index in [1.807, 2.05) is 12.1 Å². The second-order valence-corrected chi connectivity index (χ2v) is 6.48. The summed E-state index contributed by atoms with van der Waals surface area (Å²) >= 11 is 3.47. The lowest BCUT2D eigenvalue weighted by molar-refractivity contribution is 0.241. The number of aromatic nitrogens is 3. The summed E-state index contributed by atoms with van der Waals surface area (Å²) in [6.07, 6.45) is 4.07. The minimum atomic E-state index is -0.0960. The molecular formula is C17H15BrN4O2. The van der Waals surface area contributed by atoms with Crippen LogP contribution in [0.3, 0.4) is 0 Å². The molecule has 0 radical (unpaired) electrons. The quantitative estimate of drug-likeness (QED) is 0.700. The number of halogens is 1. The van der Waals surface area contributed by atoms with E-state index in [2.05, 4.69) is 35.8 Å². The van der Waals surface area contributed by atoms with Gasteiger partial charge in [-0.15, -0.1) is 0 Å². The Kier molecular flexibility index (Phi) is 4.03. The van der Waals surface area contributed by atoms with Crippen molar-refractivity contribution in [2.75, 3.05) is 6.54 Å². The van der Waals surface area contributed by atoms with Crippen LogP contribution in [0.1, 0.15) is 16.8 Å². The molecule has 24 heavy (non-hydrogen) atoms. The number of pyridine rings is 1. The maximum absolute atomic E-state index is 12.5. The molecule has 0 amide bonds. The molecule has 0 bridgehead atoms. The van der Waals surface area contributed by atoms with Crippen LogP contribution in [-0.4, -0.2) is 26.4 Å². The number of aromatic amines is 1. The lowest BCUT2D eigenvalue weighted by Crippen LogP contribution is -2.35. The van der Waals surface area contributed by atoms with Crippen molar-refractivity contribution in [1.29, 1.82) is 0 Å². The fourth-order valence-corrected chi connectivity index (χ4v) is 3.30. The van der Waals surface area contributed by atoms with Gasteiger partial charge in [-0.2, -0.15) is 0 Å². The third-order valence-corrected chi connectivity index (χ3v) is 4.85. The molecule has 0 aliphatic carbocycles. The second kappa shape index (κ2) is 6.33. The summed E-state index contributed by atoms with van der Waals surface area (Å²) in [5, 5.41) is 0. The summed E-state index contributed by atoms with van der Waals surface area (Å²) in [5.74, 6) is 1.07. The van der Waals surface area contributed by atoms with Crippen molar-refractivity contribution in [3.63, 3.8) is 0 Å². The minimum Gasteiger partial charge on any atom is -0.461 e. The molecule has 0 unspecified atom stereocenters. The van der Waals surface area contributed by atoms with Gasteiger partial charge in [0.2, 0.25) is 0 Å². The van der Waals surface area contributed by atoms with Gasteiger partial charge in [0.1, 0.15) is 4.60 Å². The Labute approximate surface area is 146 Å². The van der Waals surface area contributed by atoms with E-state index in [1.165, 1.54) is 0 Å². The van der Waals surface area contributed by atoms with Gasteiger partial charge < -0.3 is 9.40 Å². The highest BCUT2D eigenvalue weighted by Gasteiger charge is 2.22. The second-order valence-electron chi connectivity index (χ2n) is 5.73. The molecule has 0 spiro atoms. The number of rotatable bonds is 3. The summed E-state index contributed by atoms with van der Waals surface area (Å²) in [6, 6.07) is 7.53. The van der Waals surface area contributed by atoms with E-state index < -0.39 is 0 Å². The molecule has 4 rings (SSSR count). The van der Waals surface area contributed by atoms with E-state index in [4.69, 9.17) is 4.42 Å². The highest BCUT2D eigenvalue weighted by molar-refractivity contribution is 9.10. The van der Waals surface area contributed by atoms with Crippen LogP contribution in [0.25, 0.3) is 11.6 Å². The van der Waals surface area contributed by atoms with Gasteiger partial charge in [0, 0.05) is 32.3 Å². The predicted octanol–water partition coefficient (Wildman–Crippen LogP) is 2.75. The van der Waals surface area contributed by atoms with Crippen LogP contribution in [0.2, 0.25) is 0 Å². The monoisotopic (exact) mass is 386 g/mol. The standard InChI is InChI=1S/C17H15BrN4O2/c18-15-11(3-1-6-19-15)9-22-7-5-13-12(10-22)17(23)21-16(20-13)14-4-2-8-24-14/h1-4,6,8H,5,7,9-10H2,(H,20,21,23). The van der Waals surface area contributed by atoms with Gasteiger partial charge in [-0.25, -0.2) is 9.97 Å². The molecule has 122 valence electrons. The summed E-state index contributed by atoms with van der Waals surface area (Å²) in [7, 11) is 0. The van der Waals surface area contributed by atoms with Crippen LogP contribution < -0.4 is 5.56 Å². The smallest absolute Gasteiger partial charge is 0.256 e. The van der Waals surface area contributed by atoms with Crippen molar-refractivity contribution >= 4 is 15.9 Å². The van der Waals surface area contributed by atoms with Gasteiger partial charge in [0.15, 0.2) is 11.6 Å². The Balaban J connectivity index is 1.60. The van der Waals surface area contributed by atoms with Crippen LogP contribution in [0.4, 0.5) is 0 Å². The Morgan fingerprint density at radius 2 is 2.25 bits per heavy atom. The van der Waals surface area contributed by atoms with Crippen LogP contribution in [0.15, 0.2) is 50.5 Å². The van der Waals surface area contributed by atoms with Crippen LogP contribution >= 0.6 is 15.9 Å². The first-order valence-corrected chi connectivity index (χ1v) is 8.47. The highest BCUT2D eigenvalue weighted by atomic mass is 79.9. The Morgan fingerprint density at radius 3 is 3.04 bits per heavy atom. The highest BCUT2D eigenvalue weighted by Crippen LogP contribution is 2.21. The number of furan rings is 1. The molecule has 0 saturated heterocycles. The molecule has 3 aromatic rings. The number of hydrogen-bond donors (Lipinski definition) is 1. The molecule has 0 aromatic carbocycles. The fourth-order valence-electron chi connectivity index (χ4n) is 2.92. The van der Waals surface area contributed by atoms with Gasteiger partial charge in [-0.3, -0.25) is 9.69 Å². The van der Waals surface area contributed by atoms with Crippen molar-refractivity contribution in [2.45, 2.75) is 19.5 Å². The van der Waals surface area contributed by atoms with Crippen LogP contribution in [0.5, 0.6) is 0 Å². The number of hydrogen-bond acceptors (Lipinski definition) is 5. The average molecular weight is 387 g/mol. The molecule has 0 atom stereocenters. The SMILES string of the molecule is O=c1[nH]c(-c2ccco2)nc2c1CN(Cc1cccnc1Br)CC2. The lowest BCUT2D eigenvalue weighted by atomic mass is 10.1. The molecule has 0 saturated carbocycles. The van der Waals surface area contributed by atoms with E-state index in [-0.39, 0.29) is 5.56 Å². The van der Waals surface area contributed by atoms with Crippen molar-refractivity contribution in [3.8, 4) is 11.6 Å². The first-order chi connectivity index (χ1) is 11.7. The van der Waals surface area contributed by atoms with Crippen LogP contribution in [-0.2, 0) is 19.5 Å². The van der Waals surface area contributed by atoms with Gasteiger partial charge in [0.05, 0.1) is 17.5 Å². The van der Waals surface area contributed by atoms with Gasteiger partial charge in [-0.05, 0) is 39.7 Å². The van der Waals surface area contributed by atoms with Crippen molar-refractivity contribution < 1.29 is 4.42 Å². The summed E-state index contributed by atoms with van der Waals surface area (Å²) < 4.78 is 6.17. The lowest BCUT2D eigenvalue weighted by Gasteiger charge is -2.27. The molecule has 3 aromatic heterocycles. The number of nitrogens with zero attached hydrogens (tertiary/aromatic N) is 3. The molecule has 7 heteroatoms. The van der Waals surface area contributed by atoms with E-state index in [1.54, 1.807) is 24.6 Å². The van der Waals surface area contributed by atoms with Gasteiger partial charge >= 0.3 is 0 Å². The van der Waals surface area contributed by atoms with Gasteiger partial charge in [0.25, 0.3) is 5.56 Å². The van der Waals surface area contributed by atoms with E-state index in [0.717, 1.165) is 40.9 Å². The zero-order valence-electron chi connectivity index (χ0n) is 12.8. The maximum Gasteiger partial charge on any atom is 0.256 e. The first-order valence-electron chi connectivity index (χ1n) is 7.68. The maximum atomic E-state index is 12.5. The number of nitrogens with one attached hydrogen (secondary N) is 1. The average Bonchev–Trinajstić information content (AvgIpc) is 3.12. The molecule has 0 fully saturated rings. The Bertz CT molecular complexity index is 921. The fraction of sp³-hybridized carbons (Fsp3) is 0.235. The Morgan fingerprint density at radius 1 is 1.33 bits per heavy atom. The zero-order valence-corrected chi connectivity index (χ0v) is 14.4. The van der Waals surface area contributed by atoms with E-state index >= 15 is 0 Å². The normalized spacial score (nSPS) is 14.5. The largest absolute Gasteiger partial charge is 0.461 e. The molecule has 1 aliphatic rings. The Hall–Kier alpha value is -2.25. The van der Waals surface area contributed by atoms with Crippen LogP contribution in [0, 0.1) is 0 Å². The number of H-pyrrole nitrogens is 1. The third-order valence-electron chi connectivity index (χ3n) is 4.13. The molecule has 6 nitrogen and oxygen atoms in total. The van der Waals surface area contributed by atoms with Crippen molar-refractivity contribution in [2.24, 2.45) is 0 Å². The topological polar surface area (TPSA) is 75.0 Å². The summed E-state index contributed by atoms with van der Waals surface area (Å²) in [6.45, 7) is 2.17. The molecule has 1 aliphatic heterocycles. The van der Waals surface area contributed by atoms with Crippen molar-refractivity contribution in [1.82, 2.24) is 19.9 Å². The number of fused-ring (bicyclic) bond motifs is 1. The first kappa shape index (κ1) is 15.3. The predicted molar refractivity (Wildman–Crippen MR) is 92.3 cm³/mol. The molecule has 4 heterocycles. The zero-order chi connectivity index (χ0) is 16.5. The van der Waals surface area contributed by atoms with Crippen molar-refractivity contribution in [3.05, 3.63) is 68.5 Å². The molecular weight excluding hydrogens is 372 g/mol. The summed E-state index contributed by atoms with van der Waals surface area (Å²) in [4.78, 5) is 26.3.